The number of hydrogen-bond donors (Lipinski definition) is 0. The van der Waals surface area contributed by atoms with Gasteiger partial charge in [0.2, 0.25) is 5.91 Å². The lowest BCUT2D eigenvalue weighted by Crippen LogP contribution is -2.49. The van der Waals surface area contributed by atoms with Crippen LogP contribution in [0.5, 0.6) is 0 Å². The van der Waals surface area contributed by atoms with Crippen molar-refractivity contribution in [2.45, 2.75) is 24.7 Å². The van der Waals surface area contributed by atoms with E-state index in [1.165, 1.54) is 5.56 Å². The number of piperidine rings is 1. The Bertz CT molecular complexity index is 827. The Labute approximate surface area is 159 Å². The maximum atomic E-state index is 13.6. The molecular formula is C21H24N4O2. The molecule has 1 aromatic heterocycles. The number of para-hydroxylation sites is 1. The SMILES string of the molecule is O=C1N(CC2CCOC2)c2ccccc2C12CCN(c1cnccn1)CC2. The Balaban J connectivity index is 1.42. The van der Waals surface area contributed by atoms with Gasteiger partial charge in [0.25, 0.3) is 0 Å². The minimum absolute atomic E-state index is 0.273. The van der Waals surface area contributed by atoms with E-state index in [9.17, 15) is 4.79 Å². The number of carbonyl (C=O) groups excluding carboxylic acids is 1. The van der Waals surface area contributed by atoms with Crippen molar-refractivity contribution < 1.29 is 9.53 Å². The van der Waals surface area contributed by atoms with Gasteiger partial charge in [-0.15, -0.1) is 0 Å². The summed E-state index contributed by atoms with van der Waals surface area (Å²) in [6.07, 6.45) is 7.89. The zero-order chi connectivity index (χ0) is 18.3. The summed E-state index contributed by atoms with van der Waals surface area (Å²) in [6, 6.07) is 8.35. The molecule has 6 nitrogen and oxygen atoms in total. The quantitative estimate of drug-likeness (QED) is 0.837. The first kappa shape index (κ1) is 16.7. The molecule has 3 aliphatic heterocycles. The van der Waals surface area contributed by atoms with Crippen LogP contribution >= 0.6 is 0 Å². The summed E-state index contributed by atoms with van der Waals surface area (Å²) >= 11 is 0. The Morgan fingerprint density at radius 2 is 2.04 bits per heavy atom. The highest BCUT2D eigenvalue weighted by atomic mass is 16.5. The molecule has 5 rings (SSSR count). The van der Waals surface area contributed by atoms with Gasteiger partial charge in [-0.2, -0.15) is 0 Å². The average molecular weight is 364 g/mol. The number of amides is 1. The summed E-state index contributed by atoms with van der Waals surface area (Å²) in [5, 5.41) is 0. The van der Waals surface area contributed by atoms with Gasteiger partial charge in [0.1, 0.15) is 5.82 Å². The second kappa shape index (κ2) is 6.60. The molecule has 0 radical (unpaired) electrons. The first-order valence-corrected chi connectivity index (χ1v) is 9.78. The molecule has 1 atom stereocenters. The van der Waals surface area contributed by atoms with Crippen molar-refractivity contribution >= 4 is 17.4 Å². The maximum Gasteiger partial charge on any atom is 0.237 e. The largest absolute Gasteiger partial charge is 0.381 e. The number of fused-ring (bicyclic) bond motifs is 2. The van der Waals surface area contributed by atoms with Gasteiger partial charge in [-0.25, -0.2) is 4.98 Å². The number of rotatable bonds is 3. The minimum atomic E-state index is -0.394. The molecule has 1 spiro atoms. The Hall–Kier alpha value is -2.47. The van der Waals surface area contributed by atoms with Gasteiger partial charge in [0.05, 0.1) is 18.2 Å². The van der Waals surface area contributed by atoms with Gasteiger partial charge < -0.3 is 14.5 Å². The summed E-state index contributed by atoms with van der Waals surface area (Å²) in [5.74, 6) is 1.61. The van der Waals surface area contributed by atoms with Crippen LogP contribution in [-0.4, -0.2) is 48.7 Å². The summed E-state index contributed by atoms with van der Waals surface area (Å²) < 4.78 is 5.53. The Kier molecular flexibility index (Phi) is 4.08. The van der Waals surface area contributed by atoms with Crippen molar-refractivity contribution in [2.24, 2.45) is 5.92 Å². The summed E-state index contributed by atoms with van der Waals surface area (Å²) in [7, 11) is 0. The van der Waals surface area contributed by atoms with Crippen molar-refractivity contribution in [1.29, 1.82) is 0 Å². The fourth-order valence-corrected chi connectivity index (χ4v) is 4.82. The van der Waals surface area contributed by atoms with Crippen LogP contribution in [0, 0.1) is 5.92 Å². The molecule has 0 N–H and O–H groups in total. The van der Waals surface area contributed by atoms with E-state index in [1.54, 1.807) is 18.6 Å². The summed E-state index contributed by atoms with van der Waals surface area (Å²) in [4.78, 5) is 26.5. The standard InChI is InChI=1S/C21H24N4O2/c26-20-21(6-10-24(11-7-21)19-13-22-8-9-23-19)17-3-1-2-4-18(17)25(20)14-16-5-12-27-15-16/h1-4,8-9,13,16H,5-7,10-12,14-15H2. The van der Waals surface area contributed by atoms with Crippen LogP contribution in [0.2, 0.25) is 0 Å². The highest BCUT2D eigenvalue weighted by Crippen LogP contribution is 2.48. The highest BCUT2D eigenvalue weighted by Gasteiger charge is 2.52. The molecule has 1 aromatic carbocycles. The zero-order valence-corrected chi connectivity index (χ0v) is 15.4. The van der Waals surface area contributed by atoms with Crippen LogP contribution in [0.4, 0.5) is 11.5 Å². The topological polar surface area (TPSA) is 58.6 Å². The second-order valence-corrected chi connectivity index (χ2v) is 7.80. The number of carbonyl (C=O) groups is 1. The molecule has 0 bridgehead atoms. The summed E-state index contributed by atoms with van der Waals surface area (Å²) in [6.45, 7) is 3.98. The normalized spacial score (nSPS) is 23.9. The number of ether oxygens (including phenoxy) is 1. The number of hydrogen-bond acceptors (Lipinski definition) is 5. The monoisotopic (exact) mass is 364 g/mol. The maximum absolute atomic E-state index is 13.6. The molecule has 140 valence electrons. The average Bonchev–Trinajstić information content (AvgIpc) is 3.32. The van der Waals surface area contributed by atoms with Crippen molar-refractivity contribution in [2.75, 3.05) is 42.6 Å². The van der Waals surface area contributed by atoms with E-state index in [0.29, 0.717) is 5.92 Å². The van der Waals surface area contributed by atoms with Crippen molar-refractivity contribution in [1.82, 2.24) is 9.97 Å². The van der Waals surface area contributed by atoms with Crippen LogP contribution in [0.25, 0.3) is 0 Å². The fourth-order valence-electron chi connectivity index (χ4n) is 4.82. The number of aromatic nitrogens is 2. The highest BCUT2D eigenvalue weighted by molar-refractivity contribution is 6.08. The van der Waals surface area contributed by atoms with Crippen molar-refractivity contribution in [3.8, 4) is 0 Å². The first-order valence-electron chi connectivity index (χ1n) is 9.78. The van der Waals surface area contributed by atoms with Gasteiger partial charge in [0, 0.05) is 50.2 Å². The first-order chi connectivity index (χ1) is 13.3. The van der Waals surface area contributed by atoms with Gasteiger partial charge in [-0.1, -0.05) is 18.2 Å². The molecule has 1 amide bonds. The molecule has 0 aliphatic carbocycles. The van der Waals surface area contributed by atoms with Crippen molar-refractivity contribution in [3.05, 3.63) is 48.4 Å². The number of benzene rings is 1. The molecule has 3 aliphatic rings. The predicted octanol–water partition coefficient (Wildman–Crippen LogP) is 2.40. The van der Waals surface area contributed by atoms with E-state index < -0.39 is 5.41 Å². The Morgan fingerprint density at radius 1 is 1.19 bits per heavy atom. The van der Waals surface area contributed by atoms with E-state index in [-0.39, 0.29) is 5.91 Å². The van der Waals surface area contributed by atoms with E-state index >= 15 is 0 Å². The van der Waals surface area contributed by atoms with Gasteiger partial charge in [-0.05, 0) is 30.9 Å². The molecule has 6 heteroatoms. The zero-order valence-electron chi connectivity index (χ0n) is 15.4. The van der Waals surface area contributed by atoms with Crippen LogP contribution in [0.3, 0.4) is 0 Å². The van der Waals surface area contributed by atoms with Crippen molar-refractivity contribution in [3.63, 3.8) is 0 Å². The summed E-state index contributed by atoms with van der Waals surface area (Å²) in [5.41, 5.74) is 1.91. The van der Waals surface area contributed by atoms with Crippen LogP contribution in [0.1, 0.15) is 24.8 Å². The van der Waals surface area contributed by atoms with Gasteiger partial charge in [-0.3, -0.25) is 9.78 Å². The lowest BCUT2D eigenvalue weighted by atomic mass is 9.73. The van der Waals surface area contributed by atoms with Gasteiger partial charge in [0.15, 0.2) is 0 Å². The Morgan fingerprint density at radius 3 is 2.78 bits per heavy atom. The molecule has 2 aromatic rings. The number of nitrogens with zero attached hydrogens (tertiary/aromatic N) is 4. The molecule has 1 unspecified atom stereocenters. The third-order valence-electron chi connectivity index (χ3n) is 6.32. The van der Waals surface area contributed by atoms with Crippen LogP contribution in [0.15, 0.2) is 42.9 Å². The number of anilines is 2. The molecule has 2 saturated heterocycles. The lowest BCUT2D eigenvalue weighted by molar-refractivity contribution is -0.124. The second-order valence-electron chi connectivity index (χ2n) is 7.80. The van der Waals surface area contributed by atoms with Crippen LogP contribution < -0.4 is 9.80 Å². The van der Waals surface area contributed by atoms with E-state index in [1.807, 2.05) is 11.0 Å². The van der Waals surface area contributed by atoms with Crippen LogP contribution in [-0.2, 0) is 14.9 Å². The third-order valence-corrected chi connectivity index (χ3v) is 6.32. The predicted molar refractivity (Wildman–Crippen MR) is 103 cm³/mol. The van der Waals surface area contributed by atoms with E-state index in [4.69, 9.17) is 4.74 Å². The van der Waals surface area contributed by atoms with E-state index in [2.05, 4.69) is 33.1 Å². The molecule has 2 fully saturated rings. The third kappa shape index (κ3) is 2.70. The molecule has 27 heavy (non-hydrogen) atoms. The van der Waals surface area contributed by atoms with E-state index in [0.717, 1.165) is 63.6 Å². The molecule has 4 heterocycles. The molecular weight excluding hydrogens is 340 g/mol. The fraction of sp³-hybridized carbons (Fsp3) is 0.476. The smallest absolute Gasteiger partial charge is 0.237 e. The minimum Gasteiger partial charge on any atom is -0.381 e. The molecule has 0 saturated carbocycles. The van der Waals surface area contributed by atoms with Gasteiger partial charge >= 0.3 is 0 Å². The lowest BCUT2D eigenvalue weighted by Gasteiger charge is -2.39.